The van der Waals surface area contributed by atoms with Crippen LogP contribution < -0.4 is 34.6 Å². The maximum absolute atomic E-state index is 13.1. The summed E-state index contributed by atoms with van der Waals surface area (Å²) in [5, 5.41) is 13.5. The van der Waals surface area contributed by atoms with E-state index >= 15 is 0 Å². The summed E-state index contributed by atoms with van der Waals surface area (Å²) in [5.41, 5.74) is -0.391. The average Bonchev–Trinajstić information content (AvgIpc) is 2.89. The van der Waals surface area contributed by atoms with E-state index < -0.39 is 17.6 Å². The van der Waals surface area contributed by atoms with Crippen LogP contribution in [0.1, 0.15) is 29.2 Å². The number of aryl methyl sites for hydroxylation is 1. The predicted octanol–water partition coefficient (Wildman–Crippen LogP) is 3.16. The van der Waals surface area contributed by atoms with Crippen molar-refractivity contribution in [1.82, 2.24) is 5.32 Å². The highest BCUT2D eigenvalue weighted by Gasteiger charge is 2.31. The van der Waals surface area contributed by atoms with Crippen LogP contribution in [-0.2, 0) is 4.79 Å². The highest BCUT2D eigenvalue weighted by Crippen LogP contribution is 2.45. The van der Waals surface area contributed by atoms with Crippen molar-refractivity contribution in [2.24, 2.45) is 0 Å². The summed E-state index contributed by atoms with van der Waals surface area (Å²) in [5.74, 6) is 0.846. The lowest BCUT2D eigenvalue weighted by Gasteiger charge is -2.27. The molecule has 0 spiro atoms. The number of aromatic hydroxyl groups is 1. The van der Waals surface area contributed by atoms with E-state index in [0.29, 0.717) is 22.8 Å². The van der Waals surface area contributed by atoms with E-state index in [2.05, 4.69) is 5.32 Å². The lowest BCUT2D eigenvalue weighted by atomic mass is 9.87. The number of hydrogen-bond acceptors (Lipinski definition) is 9. The fraction of sp³-hybridized carbons (Fsp3) is 0.333. The van der Waals surface area contributed by atoms with E-state index in [0.717, 1.165) is 0 Å². The van der Waals surface area contributed by atoms with E-state index in [1.54, 1.807) is 25.1 Å². The van der Waals surface area contributed by atoms with Gasteiger partial charge in [0.2, 0.25) is 11.7 Å². The summed E-state index contributed by atoms with van der Waals surface area (Å²) in [6, 6.07) is 11.9. The predicted molar refractivity (Wildman–Crippen MR) is 133 cm³/mol. The molecule has 2 N–H and O–H groups in total. The summed E-state index contributed by atoms with van der Waals surface area (Å²) >= 11 is 0. The van der Waals surface area contributed by atoms with Crippen molar-refractivity contribution in [1.29, 1.82) is 0 Å². The Bertz CT molecular complexity index is 1330. The highest BCUT2D eigenvalue weighted by molar-refractivity contribution is 5.78. The van der Waals surface area contributed by atoms with Gasteiger partial charge in [-0.25, -0.2) is 4.79 Å². The first-order valence-electron chi connectivity index (χ1n) is 11.6. The number of amides is 1. The van der Waals surface area contributed by atoms with Gasteiger partial charge in [-0.2, -0.15) is 0 Å². The third kappa shape index (κ3) is 5.42. The summed E-state index contributed by atoms with van der Waals surface area (Å²) in [4.78, 5) is 26.0. The summed E-state index contributed by atoms with van der Waals surface area (Å²) < 4.78 is 33.3. The van der Waals surface area contributed by atoms with E-state index in [1.807, 2.05) is 18.2 Å². The number of methoxy groups -OCH3 is 3. The Balaban J connectivity index is 1.63. The van der Waals surface area contributed by atoms with Crippen LogP contribution in [0.25, 0.3) is 0 Å². The first kappa shape index (κ1) is 25.7. The lowest BCUT2D eigenvalue weighted by Crippen LogP contribution is -2.41. The molecule has 0 saturated heterocycles. The summed E-state index contributed by atoms with van der Waals surface area (Å²) in [6.07, 6.45) is -0.594. The minimum atomic E-state index is -0.921. The molecule has 3 aromatic rings. The Labute approximate surface area is 213 Å². The monoisotopic (exact) mass is 511 g/mol. The van der Waals surface area contributed by atoms with E-state index in [1.165, 1.54) is 27.4 Å². The Morgan fingerprint density at radius 3 is 2.49 bits per heavy atom. The molecule has 1 aliphatic heterocycles. The number of ether oxygens (including phenoxy) is 5. The van der Waals surface area contributed by atoms with Gasteiger partial charge in [0.05, 0.1) is 33.4 Å². The van der Waals surface area contributed by atoms with E-state index in [-0.39, 0.29) is 54.1 Å². The van der Waals surface area contributed by atoms with Gasteiger partial charge in [0.15, 0.2) is 23.0 Å². The first-order chi connectivity index (χ1) is 17.9. The van der Waals surface area contributed by atoms with Crippen molar-refractivity contribution in [3.63, 3.8) is 0 Å². The molecule has 0 aliphatic carbocycles. The van der Waals surface area contributed by atoms with Crippen LogP contribution in [0.3, 0.4) is 0 Å². The quantitative estimate of drug-likeness (QED) is 0.446. The molecule has 0 bridgehead atoms. The molecule has 10 heteroatoms. The number of para-hydroxylation sites is 2. The molecule has 10 nitrogen and oxygen atoms in total. The van der Waals surface area contributed by atoms with Crippen LogP contribution in [-0.4, -0.2) is 51.6 Å². The zero-order valence-corrected chi connectivity index (χ0v) is 21.0. The van der Waals surface area contributed by atoms with E-state index in [9.17, 15) is 14.7 Å². The number of rotatable bonds is 9. The molecule has 0 unspecified atom stereocenters. The second-order valence-electron chi connectivity index (χ2n) is 8.43. The maximum Gasteiger partial charge on any atom is 0.343 e. The van der Waals surface area contributed by atoms with Gasteiger partial charge < -0.3 is 38.5 Å². The minimum Gasteiger partial charge on any atom is -0.507 e. The fourth-order valence-corrected chi connectivity index (χ4v) is 4.34. The van der Waals surface area contributed by atoms with Gasteiger partial charge >= 0.3 is 5.63 Å². The normalized spacial score (nSPS) is 15.0. The van der Waals surface area contributed by atoms with E-state index in [4.69, 9.17) is 28.1 Å². The topological polar surface area (TPSA) is 126 Å². The zero-order valence-electron chi connectivity index (χ0n) is 21.0. The standard InChI is InChI=1S/C27H29NO9/c1-15-11-19(29)24(27(31)36-15)18(17-9-10-22(32-2)26(34-4)25(17)33-3)12-23(30)28-13-16-14-35-20-7-5-6-8-21(20)37-16/h5-11,16,18,29H,12-14H2,1-4H3,(H,28,30)/t16-,18+/m1/s1. The van der Waals surface area contributed by atoms with Crippen LogP contribution in [0.15, 0.2) is 51.7 Å². The second-order valence-corrected chi connectivity index (χ2v) is 8.43. The van der Waals surface area contributed by atoms with Crippen LogP contribution in [0.2, 0.25) is 0 Å². The molecule has 37 heavy (non-hydrogen) atoms. The molecule has 2 heterocycles. The molecule has 2 aromatic carbocycles. The van der Waals surface area contributed by atoms with Crippen molar-refractivity contribution >= 4 is 5.91 Å². The summed E-state index contributed by atoms with van der Waals surface area (Å²) in [7, 11) is 4.37. The van der Waals surface area contributed by atoms with Crippen LogP contribution in [0, 0.1) is 6.92 Å². The molecule has 0 radical (unpaired) electrons. The third-order valence-corrected chi connectivity index (χ3v) is 6.03. The molecular formula is C27H29NO9. The molecule has 2 atom stereocenters. The lowest BCUT2D eigenvalue weighted by molar-refractivity contribution is -0.121. The number of hydrogen-bond donors (Lipinski definition) is 2. The van der Waals surface area contributed by atoms with Gasteiger partial charge in [0.1, 0.15) is 24.2 Å². The van der Waals surface area contributed by atoms with Gasteiger partial charge in [0.25, 0.3) is 0 Å². The SMILES string of the molecule is COc1ccc([C@H](CC(=O)NC[C@@H]2COc3ccccc3O2)c2c(O)cc(C)oc2=O)c(OC)c1OC. The number of carbonyl (C=O) groups excluding carboxylic acids is 1. The van der Waals surface area contributed by atoms with Crippen molar-refractivity contribution in [3.8, 4) is 34.5 Å². The number of fused-ring (bicyclic) bond motifs is 1. The number of carbonyl (C=O) groups is 1. The van der Waals surface area contributed by atoms with Crippen molar-refractivity contribution in [2.45, 2.75) is 25.4 Å². The van der Waals surface area contributed by atoms with Crippen LogP contribution >= 0.6 is 0 Å². The Morgan fingerprint density at radius 1 is 1.08 bits per heavy atom. The molecule has 4 rings (SSSR count). The Hall–Kier alpha value is -4.34. The van der Waals surface area contributed by atoms with Gasteiger partial charge in [-0.3, -0.25) is 4.79 Å². The van der Waals surface area contributed by atoms with Crippen molar-refractivity contribution in [3.05, 3.63) is 69.8 Å². The minimum absolute atomic E-state index is 0.0718. The molecule has 1 amide bonds. The molecule has 0 fully saturated rings. The smallest absolute Gasteiger partial charge is 0.343 e. The molecule has 196 valence electrons. The largest absolute Gasteiger partial charge is 0.507 e. The van der Waals surface area contributed by atoms with Crippen molar-refractivity contribution in [2.75, 3.05) is 34.5 Å². The Morgan fingerprint density at radius 2 is 1.81 bits per heavy atom. The van der Waals surface area contributed by atoms with Gasteiger partial charge in [-0.05, 0) is 25.1 Å². The van der Waals surface area contributed by atoms with Crippen LogP contribution in [0.5, 0.6) is 34.5 Å². The number of nitrogens with one attached hydrogen (secondary N) is 1. The fourth-order valence-electron chi connectivity index (χ4n) is 4.34. The van der Waals surface area contributed by atoms with Crippen LogP contribution in [0.4, 0.5) is 0 Å². The van der Waals surface area contributed by atoms with Crippen molar-refractivity contribution < 1.29 is 38.0 Å². The second kappa shape index (κ2) is 11.2. The maximum atomic E-state index is 13.1. The van der Waals surface area contributed by atoms with Gasteiger partial charge in [-0.1, -0.05) is 18.2 Å². The van der Waals surface area contributed by atoms with Gasteiger partial charge in [0, 0.05) is 24.0 Å². The zero-order chi connectivity index (χ0) is 26.5. The molecular weight excluding hydrogens is 482 g/mol. The van der Waals surface area contributed by atoms with Gasteiger partial charge in [-0.15, -0.1) is 0 Å². The third-order valence-electron chi connectivity index (χ3n) is 6.03. The summed E-state index contributed by atoms with van der Waals surface area (Å²) in [6.45, 7) is 2.00. The average molecular weight is 512 g/mol. The first-order valence-corrected chi connectivity index (χ1v) is 11.6. The Kier molecular flexibility index (Phi) is 7.76. The highest BCUT2D eigenvalue weighted by atomic mass is 16.6. The molecule has 1 aliphatic rings. The molecule has 1 aromatic heterocycles. The number of benzene rings is 2. The molecule has 0 saturated carbocycles.